The van der Waals surface area contributed by atoms with Gasteiger partial charge in [-0.1, -0.05) is 18.2 Å². The topological polar surface area (TPSA) is 32.3 Å². The van der Waals surface area contributed by atoms with E-state index in [2.05, 4.69) is 54.0 Å². The minimum Gasteiger partial charge on any atom is -0.341 e. The summed E-state index contributed by atoms with van der Waals surface area (Å²) in [4.78, 5) is 14.3. The van der Waals surface area contributed by atoms with Gasteiger partial charge in [0, 0.05) is 36.6 Å². The molecule has 0 amide bonds. The van der Waals surface area contributed by atoms with Crippen LogP contribution in [0.5, 0.6) is 0 Å². The molecule has 1 atom stereocenters. The molecule has 0 saturated carbocycles. The molecule has 2 aliphatic heterocycles. The molecule has 1 saturated heterocycles. The Hall–Kier alpha value is -2.10. The van der Waals surface area contributed by atoms with Crippen LogP contribution in [0, 0.1) is 6.92 Å². The highest BCUT2D eigenvalue weighted by molar-refractivity contribution is 5.69. The Morgan fingerprint density at radius 3 is 2.65 bits per heavy atom. The van der Waals surface area contributed by atoms with Gasteiger partial charge in [-0.25, -0.2) is 4.98 Å². The minimum atomic E-state index is 0.441. The van der Waals surface area contributed by atoms with E-state index in [0.717, 1.165) is 37.0 Å². The Balaban J connectivity index is 1.73. The molecule has 4 heteroatoms. The molecular formula is C19H24N4. The van der Waals surface area contributed by atoms with E-state index in [1.165, 1.54) is 30.5 Å². The predicted octanol–water partition coefficient (Wildman–Crippen LogP) is 3.86. The summed E-state index contributed by atoms with van der Waals surface area (Å²) < 4.78 is 0. The van der Waals surface area contributed by atoms with E-state index >= 15 is 0 Å². The average molecular weight is 308 g/mol. The number of hydrogen-bond donors (Lipinski definition) is 0. The number of rotatable bonds is 2. The van der Waals surface area contributed by atoms with Gasteiger partial charge in [-0.2, -0.15) is 4.98 Å². The van der Waals surface area contributed by atoms with Crippen LogP contribution in [0.1, 0.15) is 37.4 Å². The van der Waals surface area contributed by atoms with Gasteiger partial charge < -0.3 is 9.80 Å². The monoisotopic (exact) mass is 308 g/mol. The fourth-order valence-corrected chi connectivity index (χ4v) is 3.81. The normalized spacial score (nSPS) is 20.7. The quantitative estimate of drug-likeness (QED) is 0.843. The van der Waals surface area contributed by atoms with Gasteiger partial charge in [0.1, 0.15) is 5.82 Å². The summed E-state index contributed by atoms with van der Waals surface area (Å²) in [7, 11) is 0. The molecule has 3 heterocycles. The SMILES string of the molecule is Cc1cc(N2c3ccccc3CC2C)nc(N2CCCCC2)n1. The second kappa shape index (κ2) is 5.84. The number of hydrogen-bond acceptors (Lipinski definition) is 4. The van der Waals surface area contributed by atoms with Crippen molar-refractivity contribution in [2.24, 2.45) is 0 Å². The number of para-hydroxylation sites is 1. The van der Waals surface area contributed by atoms with E-state index < -0.39 is 0 Å². The van der Waals surface area contributed by atoms with Gasteiger partial charge in [-0.05, 0) is 51.2 Å². The van der Waals surface area contributed by atoms with Gasteiger partial charge in [0.25, 0.3) is 0 Å². The number of aromatic nitrogens is 2. The summed E-state index contributed by atoms with van der Waals surface area (Å²) in [5.74, 6) is 1.94. The Morgan fingerprint density at radius 2 is 1.83 bits per heavy atom. The number of nitrogens with zero attached hydrogens (tertiary/aromatic N) is 4. The van der Waals surface area contributed by atoms with E-state index in [1.54, 1.807) is 0 Å². The van der Waals surface area contributed by atoms with Crippen molar-refractivity contribution in [1.29, 1.82) is 0 Å². The number of benzene rings is 1. The van der Waals surface area contributed by atoms with Crippen molar-refractivity contribution in [3.63, 3.8) is 0 Å². The third kappa shape index (κ3) is 2.67. The molecule has 1 aromatic carbocycles. The lowest BCUT2D eigenvalue weighted by molar-refractivity contribution is 0.567. The fraction of sp³-hybridized carbons (Fsp3) is 0.474. The zero-order chi connectivity index (χ0) is 15.8. The van der Waals surface area contributed by atoms with Crippen molar-refractivity contribution < 1.29 is 0 Å². The fourth-order valence-electron chi connectivity index (χ4n) is 3.81. The Morgan fingerprint density at radius 1 is 1.04 bits per heavy atom. The first-order valence-corrected chi connectivity index (χ1v) is 8.70. The van der Waals surface area contributed by atoms with Crippen molar-refractivity contribution in [1.82, 2.24) is 9.97 Å². The van der Waals surface area contributed by atoms with E-state index in [4.69, 9.17) is 9.97 Å². The molecule has 4 nitrogen and oxygen atoms in total. The second-order valence-electron chi connectivity index (χ2n) is 6.77. The standard InChI is InChI=1S/C19H24N4/c1-14-12-18(21-19(20-14)22-10-6-3-7-11-22)23-15(2)13-16-8-4-5-9-17(16)23/h4-5,8-9,12,15H,3,6-7,10-11,13H2,1-2H3. The van der Waals surface area contributed by atoms with E-state index in [1.807, 2.05) is 0 Å². The summed E-state index contributed by atoms with van der Waals surface area (Å²) >= 11 is 0. The van der Waals surface area contributed by atoms with Crippen LogP contribution < -0.4 is 9.80 Å². The van der Waals surface area contributed by atoms with Gasteiger partial charge >= 0.3 is 0 Å². The highest BCUT2D eigenvalue weighted by Gasteiger charge is 2.28. The predicted molar refractivity (Wildman–Crippen MR) is 94.6 cm³/mol. The molecule has 1 unspecified atom stereocenters. The third-order valence-electron chi connectivity index (χ3n) is 4.92. The number of aryl methyl sites for hydroxylation is 1. The van der Waals surface area contributed by atoms with Crippen molar-refractivity contribution in [2.75, 3.05) is 22.9 Å². The molecule has 1 fully saturated rings. The third-order valence-corrected chi connectivity index (χ3v) is 4.92. The Labute approximate surface area is 138 Å². The molecule has 23 heavy (non-hydrogen) atoms. The second-order valence-corrected chi connectivity index (χ2v) is 6.77. The lowest BCUT2D eigenvalue weighted by Gasteiger charge is -2.29. The van der Waals surface area contributed by atoms with Gasteiger partial charge in [0.15, 0.2) is 0 Å². The number of piperidine rings is 1. The van der Waals surface area contributed by atoms with Crippen molar-refractivity contribution >= 4 is 17.5 Å². The lowest BCUT2D eigenvalue weighted by Crippen LogP contribution is -2.32. The molecule has 2 aliphatic rings. The first-order chi connectivity index (χ1) is 11.2. The molecule has 1 aromatic heterocycles. The average Bonchev–Trinajstić information content (AvgIpc) is 2.91. The van der Waals surface area contributed by atoms with Gasteiger partial charge in [0.05, 0.1) is 0 Å². The summed E-state index contributed by atoms with van der Waals surface area (Å²) in [5.41, 5.74) is 3.76. The molecule has 0 aliphatic carbocycles. The molecule has 0 N–H and O–H groups in total. The molecule has 0 spiro atoms. The van der Waals surface area contributed by atoms with Gasteiger partial charge in [-0.3, -0.25) is 0 Å². The van der Waals surface area contributed by atoms with Crippen LogP contribution in [0.4, 0.5) is 17.5 Å². The maximum absolute atomic E-state index is 4.93. The Kier molecular flexibility index (Phi) is 3.68. The maximum Gasteiger partial charge on any atom is 0.227 e. The molecule has 0 bridgehead atoms. The summed E-state index contributed by atoms with van der Waals surface area (Å²) in [6, 6.07) is 11.2. The summed E-state index contributed by atoms with van der Waals surface area (Å²) in [6.07, 6.45) is 4.90. The molecule has 120 valence electrons. The van der Waals surface area contributed by atoms with E-state index in [9.17, 15) is 0 Å². The van der Waals surface area contributed by atoms with Gasteiger partial charge in [0.2, 0.25) is 5.95 Å². The van der Waals surface area contributed by atoms with Crippen LogP contribution in [0.15, 0.2) is 30.3 Å². The zero-order valence-electron chi connectivity index (χ0n) is 14.0. The van der Waals surface area contributed by atoms with Crippen molar-refractivity contribution in [2.45, 2.75) is 45.6 Å². The van der Waals surface area contributed by atoms with E-state index in [-0.39, 0.29) is 0 Å². The first-order valence-electron chi connectivity index (χ1n) is 8.70. The molecule has 2 aromatic rings. The van der Waals surface area contributed by atoms with Gasteiger partial charge in [-0.15, -0.1) is 0 Å². The van der Waals surface area contributed by atoms with Crippen LogP contribution >= 0.6 is 0 Å². The lowest BCUT2D eigenvalue weighted by atomic mass is 10.1. The Bertz CT molecular complexity index is 706. The van der Waals surface area contributed by atoms with Crippen LogP contribution in [0.3, 0.4) is 0 Å². The zero-order valence-corrected chi connectivity index (χ0v) is 14.0. The molecule has 0 radical (unpaired) electrons. The smallest absolute Gasteiger partial charge is 0.227 e. The van der Waals surface area contributed by atoms with Crippen LogP contribution in [-0.2, 0) is 6.42 Å². The highest BCUT2D eigenvalue weighted by atomic mass is 15.3. The maximum atomic E-state index is 4.93. The van der Waals surface area contributed by atoms with Crippen molar-refractivity contribution in [3.05, 3.63) is 41.6 Å². The van der Waals surface area contributed by atoms with Crippen molar-refractivity contribution in [3.8, 4) is 0 Å². The highest BCUT2D eigenvalue weighted by Crippen LogP contribution is 2.37. The van der Waals surface area contributed by atoms with Crippen LogP contribution in [-0.4, -0.2) is 29.1 Å². The van der Waals surface area contributed by atoms with Crippen LogP contribution in [0.2, 0.25) is 0 Å². The first kappa shape index (κ1) is 14.5. The summed E-state index contributed by atoms with van der Waals surface area (Å²) in [6.45, 7) is 6.51. The number of fused-ring (bicyclic) bond motifs is 1. The molecule has 4 rings (SSSR count). The largest absolute Gasteiger partial charge is 0.341 e. The molecular weight excluding hydrogens is 284 g/mol. The van der Waals surface area contributed by atoms with E-state index in [0.29, 0.717) is 6.04 Å². The van der Waals surface area contributed by atoms with Crippen LogP contribution in [0.25, 0.3) is 0 Å². The minimum absolute atomic E-state index is 0.441. The summed E-state index contributed by atoms with van der Waals surface area (Å²) in [5, 5.41) is 0. The number of anilines is 3.